The quantitative estimate of drug-likeness (QED) is 0.432. The molecule has 0 atom stereocenters. The number of hydrogen-bond acceptors (Lipinski definition) is 4. The Bertz CT molecular complexity index is 1070. The van der Waals surface area contributed by atoms with Crippen molar-refractivity contribution in [1.29, 1.82) is 0 Å². The molecule has 1 fully saturated rings. The van der Waals surface area contributed by atoms with E-state index in [0.717, 1.165) is 0 Å². The zero-order valence-electron chi connectivity index (χ0n) is 14.8. The molecule has 3 rings (SSSR count). The molecule has 2 N–H and O–H groups in total. The Morgan fingerprint density at radius 1 is 1.24 bits per heavy atom. The van der Waals surface area contributed by atoms with Gasteiger partial charge in [-0.3, -0.25) is 20.2 Å². The van der Waals surface area contributed by atoms with Gasteiger partial charge >= 0.3 is 6.03 Å². The first-order chi connectivity index (χ1) is 13.7. The molecule has 0 saturated carbocycles. The topological polar surface area (TPSA) is 117 Å². The summed E-state index contributed by atoms with van der Waals surface area (Å²) in [5.41, 5.74) is 1.05. The number of anilines is 1. The van der Waals surface area contributed by atoms with Crippen LogP contribution in [-0.2, 0) is 4.79 Å². The number of carbonyl (C=O) groups is 2. The van der Waals surface area contributed by atoms with E-state index in [1.807, 2.05) is 0 Å². The van der Waals surface area contributed by atoms with Crippen molar-refractivity contribution >= 4 is 58.6 Å². The minimum absolute atomic E-state index is 0.0192. The van der Waals surface area contributed by atoms with Gasteiger partial charge in [0.15, 0.2) is 0 Å². The molecule has 0 bridgehead atoms. The van der Waals surface area contributed by atoms with Crippen molar-refractivity contribution in [2.24, 2.45) is 4.99 Å². The van der Waals surface area contributed by atoms with E-state index in [1.165, 1.54) is 47.4 Å². The van der Waals surface area contributed by atoms with Gasteiger partial charge in [-0.25, -0.2) is 4.79 Å². The van der Waals surface area contributed by atoms with Gasteiger partial charge in [-0.05, 0) is 42.0 Å². The lowest BCUT2D eigenvalue weighted by Gasteiger charge is -2.11. The second-order valence-electron chi connectivity index (χ2n) is 5.88. The third-order valence-corrected chi connectivity index (χ3v) is 4.47. The number of nitro benzene ring substituents is 1. The molecule has 1 aliphatic heterocycles. The number of nitrogens with zero attached hydrogens (tertiary/aromatic N) is 3. The van der Waals surface area contributed by atoms with Crippen LogP contribution in [0.5, 0.6) is 0 Å². The second kappa shape index (κ2) is 8.29. The number of benzene rings is 2. The number of aliphatic imine (C=N–C) groups is 1. The Morgan fingerprint density at radius 3 is 2.55 bits per heavy atom. The lowest BCUT2D eigenvalue weighted by atomic mass is 10.1. The summed E-state index contributed by atoms with van der Waals surface area (Å²) in [4.78, 5) is 39.8. The molecule has 3 amide bonds. The lowest BCUT2D eigenvalue weighted by Crippen LogP contribution is -2.29. The Morgan fingerprint density at radius 2 is 1.93 bits per heavy atom. The third-order valence-electron chi connectivity index (χ3n) is 3.92. The Balaban J connectivity index is 1.77. The molecule has 9 nitrogen and oxygen atoms in total. The monoisotopic (exact) mass is 433 g/mol. The molecule has 1 aliphatic rings. The van der Waals surface area contributed by atoms with E-state index < -0.39 is 16.9 Å². The van der Waals surface area contributed by atoms with Crippen molar-refractivity contribution < 1.29 is 14.5 Å². The summed E-state index contributed by atoms with van der Waals surface area (Å²) in [7, 11) is 1.55. The molecule has 1 saturated heterocycles. The van der Waals surface area contributed by atoms with Crippen LogP contribution in [0.3, 0.4) is 0 Å². The van der Waals surface area contributed by atoms with Gasteiger partial charge in [0.05, 0.1) is 15.6 Å². The Kier molecular flexibility index (Phi) is 5.81. The second-order valence-corrected chi connectivity index (χ2v) is 6.72. The molecule has 29 heavy (non-hydrogen) atoms. The molecule has 2 aromatic carbocycles. The highest BCUT2D eigenvalue weighted by Gasteiger charge is 2.29. The Labute approximate surface area is 174 Å². The van der Waals surface area contributed by atoms with Crippen molar-refractivity contribution in [3.63, 3.8) is 0 Å². The minimum Gasteiger partial charge on any atom is -0.310 e. The number of nitrogens with one attached hydrogen (secondary N) is 2. The molecule has 148 valence electrons. The predicted octanol–water partition coefficient (Wildman–Crippen LogP) is 3.89. The average molecular weight is 434 g/mol. The van der Waals surface area contributed by atoms with Gasteiger partial charge < -0.3 is 10.2 Å². The Hall–Kier alpha value is -3.43. The van der Waals surface area contributed by atoms with Crippen LogP contribution in [0.25, 0.3) is 6.08 Å². The van der Waals surface area contributed by atoms with Crippen LogP contribution >= 0.6 is 23.2 Å². The zero-order chi connectivity index (χ0) is 21.1. The predicted molar refractivity (Wildman–Crippen MR) is 110 cm³/mol. The van der Waals surface area contributed by atoms with Crippen molar-refractivity contribution in [1.82, 2.24) is 10.2 Å². The first-order valence-corrected chi connectivity index (χ1v) is 8.86. The normalized spacial score (nSPS) is 16.2. The zero-order valence-corrected chi connectivity index (χ0v) is 16.4. The highest BCUT2D eigenvalue weighted by Crippen LogP contribution is 2.25. The average Bonchev–Trinajstić information content (AvgIpc) is 2.92. The number of urea groups is 1. The fourth-order valence-electron chi connectivity index (χ4n) is 2.46. The first kappa shape index (κ1) is 20.3. The minimum atomic E-state index is -0.743. The summed E-state index contributed by atoms with van der Waals surface area (Å²) < 4.78 is 0. The van der Waals surface area contributed by atoms with Crippen molar-refractivity contribution in [2.75, 3.05) is 12.4 Å². The summed E-state index contributed by atoms with van der Waals surface area (Å²) >= 11 is 11.8. The van der Waals surface area contributed by atoms with E-state index in [-0.39, 0.29) is 22.4 Å². The van der Waals surface area contributed by atoms with E-state index >= 15 is 0 Å². The fourth-order valence-corrected chi connectivity index (χ4v) is 2.92. The SMILES string of the molecule is CN1/C(=C/c2ccc([N+](=O)[O-])cc2)C(=O)N/C1=N\C(=O)Nc1ccc(Cl)cc1Cl. The molecule has 1 heterocycles. The number of rotatable bonds is 3. The van der Waals surface area contributed by atoms with E-state index in [9.17, 15) is 19.7 Å². The highest BCUT2D eigenvalue weighted by atomic mass is 35.5. The van der Waals surface area contributed by atoms with Crippen LogP contribution in [0.4, 0.5) is 16.2 Å². The van der Waals surface area contributed by atoms with Crippen LogP contribution in [0.2, 0.25) is 10.0 Å². The van der Waals surface area contributed by atoms with Crippen molar-refractivity contribution in [3.05, 3.63) is 73.9 Å². The number of non-ortho nitro benzene ring substituents is 1. The van der Waals surface area contributed by atoms with Gasteiger partial charge in [-0.15, -0.1) is 0 Å². The van der Waals surface area contributed by atoms with Crippen LogP contribution in [0.15, 0.2) is 53.2 Å². The number of hydrogen-bond donors (Lipinski definition) is 2. The summed E-state index contributed by atoms with van der Waals surface area (Å²) in [5.74, 6) is -0.451. The van der Waals surface area contributed by atoms with Crippen LogP contribution in [0, 0.1) is 10.1 Å². The summed E-state index contributed by atoms with van der Waals surface area (Å²) in [6.45, 7) is 0. The van der Waals surface area contributed by atoms with Crippen LogP contribution < -0.4 is 10.6 Å². The maximum atomic E-state index is 12.2. The van der Waals surface area contributed by atoms with Gasteiger partial charge in [-0.1, -0.05) is 23.2 Å². The van der Waals surface area contributed by atoms with Gasteiger partial charge in [0.1, 0.15) is 5.70 Å². The largest absolute Gasteiger partial charge is 0.348 e. The summed E-state index contributed by atoms with van der Waals surface area (Å²) in [6.07, 6.45) is 1.52. The molecule has 0 aliphatic carbocycles. The number of amides is 3. The molecule has 11 heteroatoms. The smallest absolute Gasteiger partial charge is 0.310 e. The van der Waals surface area contributed by atoms with E-state index in [0.29, 0.717) is 16.3 Å². The molecule has 0 spiro atoms. The molecule has 0 unspecified atom stereocenters. The van der Waals surface area contributed by atoms with E-state index in [1.54, 1.807) is 13.1 Å². The van der Waals surface area contributed by atoms with Gasteiger partial charge in [0.25, 0.3) is 11.6 Å². The third kappa shape index (κ3) is 4.71. The molecule has 2 aromatic rings. The summed E-state index contributed by atoms with van der Waals surface area (Å²) in [6, 6.07) is 9.50. The molecular weight excluding hydrogens is 421 g/mol. The van der Waals surface area contributed by atoms with E-state index in [2.05, 4.69) is 15.6 Å². The first-order valence-electron chi connectivity index (χ1n) is 8.10. The number of nitro groups is 1. The maximum absolute atomic E-state index is 12.2. The van der Waals surface area contributed by atoms with Gasteiger partial charge in [-0.2, -0.15) is 4.99 Å². The lowest BCUT2D eigenvalue weighted by molar-refractivity contribution is -0.384. The number of guanidine groups is 1. The molecular formula is C18H13Cl2N5O4. The maximum Gasteiger partial charge on any atom is 0.348 e. The number of halogens is 2. The number of likely N-dealkylation sites (N-methyl/N-ethyl adjacent to an activating group) is 1. The summed E-state index contributed by atoms with van der Waals surface area (Å²) in [5, 5.41) is 16.4. The number of carbonyl (C=O) groups excluding carboxylic acids is 2. The van der Waals surface area contributed by atoms with Crippen molar-refractivity contribution in [2.45, 2.75) is 0 Å². The van der Waals surface area contributed by atoms with Gasteiger partial charge in [0.2, 0.25) is 5.96 Å². The standard InChI is InChI=1S/C18H13Cl2N5O4/c1-24-15(8-10-2-5-12(6-3-10)25(28)29)16(26)22-17(24)23-18(27)21-14-7-4-11(19)9-13(14)20/h2-9H,1H3,(H2,21,22,23,26,27)/b15-8+. The van der Waals surface area contributed by atoms with Crippen LogP contribution in [-0.4, -0.2) is 34.8 Å². The fraction of sp³-hybridized carbons (Fsp3) is 0.0556. The van der Waals surface area contributed by atoms with Crippen molar-refractivity contribution in [3.8, 4) is 0 Å². The molecule has 0 radical (unpaired) electrons. The van der Waals surface area contributed by atoms with E-state index in [4.69, 9.17) is 23.2 Å². The highest BCUT2D eigenvalue weighted by molar-refractivity contribution is 6.36. The molecule has 0 aromatic heterocycles. The van der Waals surface area contributed by atoms with Crippen LogP contribution in [0.1, 0.15) is 5.56 Å². The van der Waals surface area contributed by atoms with Gasteiger partial charge in [0, 0.05) is 24.2 Å².